The first kappa shape index (κ1) is 13.5. The Bertz CT molecular complexity index is 216. The van der Waals surface area contributed by atoms with E-state index in [9.17, 15) is 4.79 Å². The highest BCUT2D eigenvalue weighted by atomic mass is 16.5. The molecule has 4 heteroatoms. The molecular formula is C12H23NO3. The van der Waals surface area contributed by atoms with E-state index < -0.39 is 0 Å². The molecule has 0 aromatic rings. The van der Waals surface area contributed by atoms with Gasteiger partial charge in [-0.2, -0.15) is 0 Å². The van der Waals surface area contributed by atoms with Crippen molar-refractivity contribution in [3.63, 3.8) is 0 Å². The predicted molar refractivity (Wildman–Crippen MR) is 62.0 cm³/mol. The summed E-state index contributed by atoms with van der Waals surface area (Å²) >= 11 is 0. The van der Waals surface area contributed by atoms with Crippen molar-refractivity contribution in [3.05, 3.63) is 0 Å². The molecule has 1 saturated carbocycles. The first-order valence-corrected chi connectivity index (χ1v) is 6.13. The Morgan fingerprint density at radius 3 is 2.75 bits per heavy atom. The Morgan fingerprint density at radius 2 is 2.19 bits per heavy atom. The van der Waals surface area contributed by atoms with Crippen LogP contribution in [0.5, 0.6) is 0 Å². The Hall–Kier alpha value is -0.610. The summed E-state index contributed by atoms with van der Waals surface area (Å²) < 4.78 is 5.46. The van der Waals surface area contributed by atoms with Crippen molar-refractivity contribution in [1.82, 2.24) is 5.32 Å². The molecule has 2 atom stereocenters. The molecule has 4 nitrogen and oxygen atoms in total. The van der Waals surface area contributed by atoms with Crippen molar-refractivity contribution in [2.24, 2.45) is 11.8 Å². The summed E-state index contributed by atoms with van der Waals surface area (Å²) in [6.45, 7) is 5.28. The summed E-state index contributed by atoms with van der Waals surface area (Å²) in [6, 6.07) is 0. The molecule has 0 radical (unpaired) electrons. The second-order valence-corrected chi connectivity index (χ2v) is 4.78. The lowest BCUT2D eigenvalue weighted by Gasteiger charge is -2.15. The predicted octanol–water partition coefficient (Wildman–Crippen LogP) is 0.936. The van der Waals surface area contributed by atoms with E-state index in [4.69, 9.17) is 9.84 Å². The molecule has 0 heterocycles. The van der Waals surface area contributed by atoms with Gasteiger partial charge in [0.05, 0.1) is 6.61 Å². The summed E-state index contributed by atoms with van der Waals surface area (Å²) in [5.41, 5.74) is 0. The highest BCUT2D eigenvalue weighted by Crippen LogP contribution is 2.29. The molecule has 0 bridgehead atoms. The SMILES string of the molecule is CC(CCO)CNC(=O)C(C)OCC1CC1. The minimum absolute atomic E-state index is 0.0505. The van der Waals surface area contributed by atoms with E-state index >= 15 is 0 Å². The van der Waals surface area contributed by atoms with E-state index in [1.807, 2.05) is 6.92 Å². The highest BCUT2D eigenvalue weighted by Gasteiger charge is 2.23. The average molecular weight is 229 g/mol. The van der Waals surface area contributed by atoms with Crippen LogP contribution in [0, 0.1) is 11.8 Å². The largest absolute Gasteiger partial charge is 0.396 e. The number of nitrogens with one attached hydrogen (secondary N) is 1. The lowest BCUT2D eigenvalue weighted by atomic mass is 10.1. The molecule has 0 spiro atoms. The van der Waals surface area contributed by atoms with Crippen LogP contribution in [0.3, 0.4) is 0 Å². The highest BCUT2D eigenvalue weighted by molar-refractivity contribution is 5.80. The summed E-state index contributed by atoms with van der Waals surface area (Å²) in [4.78, 5) is 11.6. The summed E-state index contributed by atoms with van der Waals surface area (Å²) in [6.07, 6.45) is 2.84. The van der Waals surface area contributed by atoms with Crippen LogP contribution in [0.4, 0.5) is 0 Å². The maximum absolute atomic E-state index is 11.6. The number of rotatable bonds is 8. The molecule has 94 valence electrons. The van der Waals surface area contributed by atoms with Crippen LogP contribution in [0.2, 0.25) is 0 Å². The standard InChI is InChI=1S/C12H23NO3/c1-9(5-6-14)7-13-12(15)10(2)16-8-11-3-4-11/h9-11,14H,3-8H2,1-2H3,(H,13,15). The van der Waals surface area contributed by atoms with Gasteiger partial charge in [-0.25, -0.2) is 0 Å². The minimum Gasteiger partial charge on any atom is -0.396 e. The minimum atomic E-state index is -0.359. The molecule has 0 aromatic heterocycles. The number of ether oxygens (including phenoxy) is 1. The first-order chi connectivity index (χ1) is 7.63. The Kier molecular flexibility index (Phi) is 5.77. The van der Waals surface area contributed by atoms with Crippen molar-refractivity contribution >= 4 is 5.91 Å². The zero-order valence-corrected chi connectivity index (χ0v) is 10.2. The molecule has 1 aliphatic rings. The smallest absolute Gasteiger partial charge is 0.248 e. The molecule has 0 saturated heterocycles. The van der Waals surface area contributed by atoms with Gasteiger partial charge in [0, 0.05) is 13.2 Å². The maximum atomic E-state index is 11.6. The fourth-order valence-corrected chi connectivity index (χ4v) is 1.38. The monoisotopic (exact) mass is 229 g/mol. The summed E-state index contributed by atoms with van der Waals surface area (Å²) in [5.74, 6) is 0.943. The van der Waals surface area contributed by atoms with E-state index in [0.717, 1.165) is 6.42 Å². The van der Waals surface area contributed by atoms with Gasteiger partial charge in [0.1, 0.15) is 6.10 Å². The van der Waals surface area contributed by atoms with Gasteiger partial charge in [0.15, 0.2) is 0 Å². The first-order valence-electron chi connectivity index (χ1n) is 6.13. The Morgan fingerprint density at radius 1 is 1.50 bits per heavy atom. The fourth-order valence-electron chi connectivity index (χ4n) is 1.38. The average Bonchev–Trinajstić information content (AvgIpc) is 3.06. The number of carbonyl (C=O) groups excluding carboxylic acids is 1. The third-order valence-electron chi connectivity index (χ3n) is 2.89. The second-order valence-electron chi connectivity index (χ2n) is 4.78. The number of hydrogen-bond donors (Lipinski definition) is 2. The van der Waals surface area contributed by atoms with Gasteiger partial charge >= 0.3 is 0 Å². The number of carbonyl (C=O) groups is 1. The van der Waals surface area contributed by atoms with Crippen molar-refractivity contribution < 1.29 is 14.6 Å². The number of aliphatic hydroxyl groups excluding tert-OH is 1. The number of amides is 1. The maximum Gasteiger partial charge on any atom is 0.248 e. The van der Waals surface area contributed by atoms with E-state index in [0.29, 0.717) is 25.0 Å². The van der Waals surface area contributed by atoms with Crippen LogP contribution in [0.1, 0.15) is 33.1 Å². The molecule has 1 amide bonds. The number of aliphatic hydroxyl groups is 1. The molecule has 2 unspecified atom stereocenters. The molecule has 1 rings (SSSR count). The van der Waals surface area contributed by atoms with Crippen LogP contribution in [0.25, 0.3) is 0 Å². The van der Waals surface area contributed by atoms with Crippen molar-refractivity contribution in [2.75, 3.05) is 19.8 Å². The fraction of sp³-hybridized carbons (Fsp3) is 0.917. The Labute approximate surface area is 97.4 Å². The van der Waals surface area contributed by atoms with Crippen LogP contribution < -0.4 is 5.32 Å². The molecule has 16 heavy (non-hydrogen) atoms. The van der Waals surface area contributed by atoms with E-state index in [-0.39, 0.29) is 18.6 Å². The van der Waals surface area contributed by atoms with Gasteiger partial charge in [-0.15, -0.1) is 0 Å². The topological polar surface area (TPSA) is 58.6 Å². The zero-order chi connectivity index (χ0) is 12.0. The molecule has 2 N–H and O–H groups in total. The lowest BCUT2D eigenvalue weighted by molar-refractivity contribution is -0.132. The third-order valence-corrected chi connectivity index (χ3v) is 2.89. The van der Waals surface area contributed by atoms with Gasteiger partial charge in [0.2, 0.25) is 5.91 Å². The molecular weight excluding hydrogens is 206 g/mol. The lowest BCUT2D eigenvalue weighted by Crippen LogP contribution is -2.37. The van der Waals surface area contributed by atoms with E-state index in [1.165, 1.54) is 12.8 Å². The van der Waals surface area contributed by atoms with Gasteiger partial charge in [0.25, 0.3) is 0 Å². The van der Waals surface area contributed by atoms with Crippen molar-refractivity contribution in [1.29, 1.82) is 0 Å². The van der Waals surface area contributed by atoms with Crippen LogP contribution in [-0.4, -0.2) is 36.9 Å². The van der Waals surface area contributed by atoms with E-state index in [1.54, 1.807) is 6.92 Å². The quantitative estimate of drug-likeness (QED) is 0.651. The zero-order valence-electron chi connectivity index (χ0n) is 10.2. The summed E-state index contributed by atoms with van der Waals surface area (Å²) in [7, 11) is 0. The molecule has 0 aliphatic heterocycles. The Balaban J connectivity index is 2.07. The molecule has 1 fully saturated rings. The number of hydrogen-bond acceptors (Lipinski definition) is 3. The van der Waals surface area contributed by atoms with Gasteiger partial charge in [-0.05, 0) is 38.0 Å². The van der Waals surface area contributed by atoms with Crippen molar-refractivity contribution in [3.8, 4) is 0 Å². The normalized spacial score (nSPS) is 19.2. The van der Waals surface area contributed by atoms with E-state index in [2.05, 4.69) is 5.32 Å². The van der Waals surface area contributed by atoms with Gasteiger partial charge in [-0.3, -0.25) is 4.79 Å². The molecule has 0 aromatic carbocycles. The van der Waals surface area contributed by atoms with Crippen LogP contribution in [0.15, 0.2) is 0 Å². The second kappa shape index (κ2) is 6.86. The molecule has 1 aliphatic carbocycles. The third kappa shape index (κ3) is 5.47. The van der Waals surface area contributed by atoms with Crippen LogP contribution in [-0.2, 0) is 9.53 Å². The van der Waals surface area contributed by atoms with Gasteiger partial charge in [-0.1, -0.05) is 6.92 Å². The van der Waals surface area contributed by atoms with Crippen molar-refractivity contribution in [2.45, 2.75) is 39.2 Å². The summed E-state index contributed by atoms with van der Waals surface area (Å²) in [5, 5.41) is 11.6. The van der Waals surface area contributed by atoms with Gasteiger partial charge < -0.3 is 15.2 Å². The van der Waals surface area contributed by atoms with Crippen LogP contribution >= 0.6 is 0 Å².